The van der Waals surface area contributed by atoms with Crippen LogP contribution in [0.5, 0.6) is 0 Å². The van der Waals surface area contributed by atoms with Gasteiger partial charge in [0.2, 0.25) is 11.8 Å². The molecule has 1 aromatic carbocycles. The van der Waals surface area contributed by atoms with Gasteiger partial charge in [-0.2, -0.15) is 0 Å². The van der Waals surface area contributed by atoms with E-state index < -0.39 is 0 Å². The van der Waals surface area contributed by atoms with Crippen LogP contribution in [0.25, 0.3) is 0 Å². The maximum absolute atomic E-state index is 12.7. The average Bonchev–Trinajstić information content (AvgIpc) is 2.95. The number of carbonyl (C=O) groups is 3. The SMILES string of the molecule is CC(C)CN(CC(=O)N1CC(=O)N(c2cccc(Cl)c2)C1)C(=O)N(C)C. The smallest absolute Gasteiger partial charge is 0.319 e. The molecule has 4 amide bonds. The summed E-state index contributed by atoms with van der Waals surface area (Å²) in [5, 5.41) is 0.528. The zero-order valence-corrected chi connectivity index (χ0v) is 16.4. The molecule has 1 heterocycles. The molecule has 0 aliphatic carbocycles. The zero-order valence-electron chi connectivity index (χ0n) is 15.6. The Hall–Kier alpha value is -2.28. The van der Waals surface area contributed by atoms with Gasteiger partial charge in [-0.05, 0) is 24.1 Å². The molecule has 0 N–H and O–H groups in total. The lowest BCUT2D eigenvalue weighted by Gasteiger charge is -2.28. The van der Waals surface area contributed by atoms with Crippen molar-refractivity contribution < 1.29 is 14.4 Å². The zero-order chi connectivity index (χ0) is 19.4. The Morgan fingerprint density at radius 3 is 2.54 bits per heavy atom. The van der Waals surface area contributed by atoms with E-state index >= 15 is 0 Å². The molecule has 0 unspecified atom stereocenters. The summed E-state index contributed by atoms with van der Waals surface area (Å²) < 4.78 is 0. The van der Waals surface area contributed by atoms with Crippen molar-refractivity contribution in [2.45, 2.75) is 13.8 Å². The van der Waals surface area contributed by atoms with Gasteiger partial charge in [0.05, 0.1) is 0 Å². The monoisotopic (exact) mass is 380 g/mol. The molecule has 0 saturated carbocycles. The van der Waals surface area contributed by atoms with E-state index in [0.29, 0.717) is 17.3 Å². The number of anilines is 1. The molecule has 1 aliphatic rings. The third-order valence-electron chi connectivity index (χ3n) is 3.98. The van der Waals surface area contributed by atoms with Gasteiger partial charge < -0.3 is 14.7 Å². The van der Waals surface area contributed by atoms with Gasteiger partial charge in [-0.1, -0.05) is 31.5 Å². The highest BCUT2D eigenvalue weighted by Crippen LogP contribution is 2.23. The molecular weight excluding hydrogens is 356 g/mol. The van der Waals surface area contributed by atoms with Crippen molar-refractivity contribution in [3.05, 3.63) is 29.3 Å². The van der Waals surface area contributed by atoms with Gasteiger partial charge in [-0.25, -0.2) is 4.79 Å². The standard InChI is InChI=1S/C18H25ClN4O3/c1-13(2)9-21(18(26)20(3)4)10-16(24)22-11-17(25)23(12-22)15-7-5-6-14(19)8-15/h5-8,13H,9-12H2,1-4H3. The highest BCUT2D eigenvalue weighted by Gasteiger charge is 2.33. The van der Waals surface area contributed by atoms with Crippen LogP contribution in [0.2, 0.25) is 5.02 Å². The lowest BCUT2D eigenvalue weighted by molar-refractivity contribution is -0.132. The molecule has 0 bridgehead atoms. The first-order valence-electron chi connectivity index (χ1n) is 8.49. The van der Waals surface area contributed by atoms with Crippen molar-refractivity contribution in [1.82, 2.24) is 14.7 Å². The molecule has 142 valence electrons. The number of benzene rings is 1. The molecule has 0 aromatic heterocycles. The van der Waals surface area contributed by atoms with Crippen molar-refractivity contribution in [3.63, 3.8) is 0 Å². The minimum absolute atomic E-state index is 0.00296. The van der Waals surface area contributed by atoms with Crippen LogP contribution in [0, 0.1) is 5.92 Å². The predicted molar refractivity (Wildman–Crippen MR) is 101 cm³/mol. The maximum atomic E-state index is 12.7. The Balaban J connectivity index is 2.07. The Bertz CT molecular complexity index is 693. The molecule has 1 aromatic rings. The second-order valence-electron chi connectivity index (χ2n) is 6.99. The van der Waals surface area contributed by atoms with Crippen molar-refractivity contribution in [2.24, 2.45) is 5.92 Å². The van der Waals surface area contributed by atoms with Crippen LogP contribution in [0.1, 0.15) is 13.8 Å². The van der Waals surface area contributed by atoms with E-state index in [0.717, 1.165) is 0 Å². The lowest BCUT2D eigenvalue weighted by Crippen LogP contribution is -2.47. The van der Waals surface area contributed by atoms with Gasteiger partial charge in [0.25, 0.3) is 0 Å². The summed E-state index contributed by atoms with van der Waals surface area (Å²) in [5.41, 5.74) is 0.654. The summed E-state index contributed by atoms with van der Waals surface area (Å²) in [6.07, 6.45) is 0. The van der Waals surface area contributed by atoms with Gasteiger partial charge >= 0.3 is 6.03 Å². The largest absolute Gasteiger partial charge is 0.331 e. The third kappa shape index (κ3) is 4.88. The van der Waals surface area contributed by atoms with Gasteiger partial charge in [0, 0.05) is 31.4 Å². The number of hydrogen-bond donors (Lipinski definition) is 0. The van der Waals surface area contributed by atoms with Crippen LogP contribution < -0.4 is 4.90 Å². The second-order valence-corrected chi connectivity index (χ2v) is 7.42. The summed E-state index contributed by atoms with van der Waals surface area (Å²) in [6.45, 7) is 4.55. The molecule has 0 atom stereocenters. The molecular formula is C18H25ClN4O3. The Labute approximate surface area is 159 Å². The number of hydrogen-bond acceptors (Lipinski definition) is 3. The number of nitrogens with zero attached hydrogens (tertiary/aromatic N) is 4. The summed E-state index contributed by atoms with van der Waals surface area (Å²) >= 11 is 5.98. The fraction of sp³-hybridized carbons (Fsp3) is 0.500. The second kappa shape index (κ2) is 8.40. The molecule has 26 heavy (non-hydrogen) atoms. The van der Waals surface area contributed by atoms with E-state index in [1.807, 2.05) is 13.8 Å². The first-order chi connectivity index (χ1) is 12.2. The quantitative estimate of drug-likeness (QED) is 0.785. The van der Waals surface area contributed by atoms with Crippen LogP contribution in [0.4, 0.5) is 10.5 Å². The predicted octanol–water partition coefficient (Wildman–Crippen LogP) is 2.11. The number of amides is 4. The van der Waals surface area contributed by atoms with E-state index in [2.05, 4.69) is 0 Å². The number of urea groups is 1. The van der Waals surface area contributed by atoms with Crippen LogP contribution in [-0.4, -0.2) is 72.9 Å². The number of halogens is 1. The number of carbonyl (C=O) groups excluding carboxylic acids is 3. The van der Waals surface area contributed by atoms with Crippen molar-refractivity contribution in [3.8, 4) is 0 Å². The molecule has 7 nitrogen and oxygen atoms in total. The molecule has 1 fully saturated rings. The van der Waals surface area contributed by atoms with Crippen LogP contribution in [0.15, 0.2) is 24.3 Å². The van der Waals surface area contributed by atoms with Crippen molar-refractivity contribution in [2.75, 3.05) is 45.3 Å². The molecule has 1 saturated heterocycles. The molecule has 1 aliphatic heterocycles. The third-order valence-corrected chi connectivity index (χ3v) is 4.21. The first-order valence-corrected chi connectivity index (χ1v) is 8.86. The van der Waals surface area contributed by atoms with Gasteiger partial charge in [-0.15, -0.1) is 0 Å². The highest BCUT2D eigenvalue weighted by molar-refractivity contribution is 6.31. The fourth-order valence-corrected chi connectivity index (χ4v) is 2.97. The first kappa shape index (κ1) is 20.0. The molecule has 0 spiro atoms. The van der Waals surface area contributed by atoms with Crippen LogP contribution in [-0.2, 0) is 9.59 Å². The van der Waals surface area contributed by atoms with E-state index in [1.54, 1.807) is 38.4 Å². The van der Waals surface area contributed by atoms with E-state index in [1.165, 1.54) is 19.6 Å². The van der Waals surface area contributed by atoms with Crippen molar-refractivity contribution in [1.29, 1.82) is 0 Å². The normalized spacial score (nSPS) is 14.2. The molecule has 2 rings (SSSR count). The summed E-state index contributed by atoms with van der Waals surface area (Å²) in [4.78, 5) is 43.2. The highest BCUT2D eigenvalue weighted by atomic mass is 35.5. The van der Waals surface area contributed by atoms with E-state index in [4.69, 9.17) is 11.6 Å². The van der Waals surface area contributed by atoms with Gasteiger partial charge in [0.15, 0.2) is 0 Å². The Morgan fingerprint density at radius 2 is 1.96 bits per heavy atom. The summed E-state index contributed by atoms with van der Waals surface area (Å²) in [7, 11) is 3.31. The van der Waals surface area contributed by atoms with Crippen LogP contribution in [0.3, 0.4) is 0 Å². The molecule has 8 heteroatoms. The lowest BCUT2D eigenvalue weighted by atomic mass is 10.2. The molecule has 0 radical (unpaired) electrons. The Morgan fingerprint density at radius 1 is 1.27 bits per heavy atom. The van der Waals surface area contributed by atoms with Crippen LogP contribution >= 0.6 is 11.6 Å². The van der Waals surface area contributed by atoms with Gasteiger partial charge in [-0.3, -0.25) is 14.5 Å². The minimum Gasteiger partial charge on any atom is -0.331 e. The minimum atomic E-state index is -0.251. The summed E-state index contributed by atoms with van der Waals surface area (Å²) in [6, 6.07) is 6.73. The summed E-state index contributed by atoms with van der Waals surface area (Å²) in [5.74, 6) is -0.191. The average molecular weight is 381 g/mol. The topological polar surface area (TPSA) is 64.2 Å². The Kier molecular flexibility index (Phi) is 6.47. The number of rotatable bonds is 5. The maximum Gasteiger partial charge on any atom is 0.319 e. The van der Waals surface area contributed by atoms with Crippen molar-refractivity contribution >= 4 is 35.1 Å². The fourth-order valence-electron chi connectivity index (χ4n) is 2.78. The van der Waals surface area contributed by atoms with Gasteiger partial charge in [0.1, 0.15) is 19.8 Å². The van der Waals surface area contributed by atoms with E-state index in [9.17, 15) is 14.4 Å². The van der Waals surface area contributed by atoms with E-state index in [-0.39, 0.29) is 43.5 Å².